The fourth-order valence-corrected chi connectivity index (χ4v) is 3.80. The highest BCUT2D eigenvalue weighted by molar-refractivity contribution is 7.17. The van der Waals surface area contributed by atoms with Crippen LogP contribution in [0.4, 0.5) is 4.79 Å². The number of alkyl carbamates (subject to hydrolysis) is 1. The minimum absolute atomic E-state index is 0.272. The molecule has 0 aliphatic carbocycles. The highest BCUT2D eigenvalue weighted by Gasteiger charge is 2.52. The summed E-state index contributed by atoms with van der Waals surface area (Å²) in [5.74, 6) is 0. The van der Waals surface area contributed by atoms with Crippen LogP contribution in [0.3, 0.4) is 0 Å². The van der Waals surface area contributed by atoms with Crippen LogP contribution >= 0.6 is 11.3 Å². The van der Waals surface area contributed by atoms with Gasteiger partial charge in [0.25, 0.3) is 0 Å². The van der Waals surface area contributed by atoms with Crippen LogP contribution in [0.25, 0.3) is 16.2 Å². The zero-order valence-electron chi connectivity index (χ0n) is 18.3. The normalized spacial score (nSPS) is 18.9. The van der Waals surface area contributed by atoms with E-state index in [1.807, 2.05) is 54.5 Å². The Morgan fingerprint density at radius 1 is 1.17 bits per heavy atom. The summed E-state index contributed by atoms with van der Waals surface area (Å²) in [5, 5.41) is 6.14. The van der Waals surface area contributed by atoms with Crippen molar-refractivity contribution in [2.45, 2.75) is 65.3 Å². The van der Waals surface area contributed by atoms with Gasteiger partial charge in [-0.25, -0.2) is 4.79 Å². The van der Waals surface area contributed by atoms with Gasteiger partial charge >= 0.3 is 13.2 Å². The molecular formula is C22H30BNO4S. The molecule has 1 N–H and O–H groups in total. The molecule has 0 bridgehead atoms. The van der Waals surface area contributed by atoms with Crippen molar-refractivity contribution in [2.24, 2.45) is 0 Å². The summed E-state index contributed by atoms with van der Waals surface area (Å²) >= 11 is 1.70. The molecule has 1 fully saturated rings. The summed E-state index contributed by atoms with van der Waals surface area (Å²) in [6, 6.07) is 8.40. The molecule has 2 heterocycles. The molecule has 1 aliphatic heterocycles. The van der Waals surface area contributed by atoms with Crippen LogP contribution in [-0.4, -0.2) is 36.6 Å². The molecule has 7 heteroatoms. The maximum atomic E-state index is 12.2. The van der Waals surface area contributed by atoms with Gasteiger partial charge in [0.05, 0.1) is 11.2 Å². The van der Waals surface area contributed by atoms with Crippen molar-refractivity contribution in [2.75, 3.05) is 6.54 Å². The maximum Gasteiger partial charge on any atom is 0.492 e. The Hall–Kier alpha value is -1.83. The Balaban J connectivity index is 1.86. The second-order valence-electron chi connectivity index (χ2n) is 9.38. The topological polar surface area (TPSA) is 56.8 Å². The maximum absolute atomic E-state index is 12.2. The van der Waals surface area contributed by atoms with Crippen LogP contribution in [-0.2, 0) is 14.0 Å². The number of hydrogen-bond donors (Lipinski definition) is 1. The zero-order valence-corrected chi connectivity index (χ0v) is 19.1. The molecule has 2 aromatic rings. The average Bonchev–Trinajstić information content (AvgIpc) is 3.11. The van der Waals surface area contributed by atoms with Gasteiger partial charge in [0.2, 0.25) is 0 Å². The van der Waals surface area contributed by atoms with Crippen molar-refractivity contribution in [3.8, 4) is 0 Å². The number of nitrogens with one attached hydrogen (secondary N) is 1. The Kier molecular flexibility index (Phi) is 5.87. The minimum atomic E-state index is -0.553. The summed E-state index contributed by atoms with van der Waals surface area (Å²) in [6.07, 6.45) is 1.56. The van der Waals surface area contributed by atoms with Crippen molar-refractivity contribution >= 4 is 40.7 Å². The summed E-state index contributed by atoms with van der Waals surface area (Å²) in [4.78, 5) is 12.2. The lowest BCUT2D eigenvalue weighted by Gasteiger charge is -2.32. The van der Waals surface area contributed by atoms with Gasteiger partial charge < -0.3 is 19.4 Å². The van der Waals surface area contributed by atoms with Crippen molar-refractivity contribution < 1.29 is 18.8 Å². The standard InChI is InChI=1S/C22H30BNO4S/c1-20(2,3)26-19(25)24-14-17(23-27-21(4,5)22(6,7)28-23)12-15-8-9-16-10-11-29-18(16)13-15/h8-13H,14H2,1-7H3,(H,24,25). The van der Waals surface area contributed by atoms with Gasteiger partial charge in [-0.1, -0.05) is 18.2 Å². The lowest BCUT2D eigenvalue weighted by Crippen LogP contribution is -2.41. The van der Waals surface area contributed by atoms with E-state index in [9.17, 15) is 4.79 Å². The molecule has 1 aromatic carbocycles. The number of ether oxygens (including phenoxy) is 1. The Bertz CT molecular complexity index is 910. The van der Waals surface area contributed by atoms with Crippen molar-refractivity contribution in [3.63, 3.8) is 0 Å². The van der Waals surface area contributed by atoms with Crippen LogP contribution in [0.2, 0.25) is 0 Å². The van der Waals surface area contributed by atoms with Crippen molar-refractivity contribution in [1.82, 2.24) is 5.32 Å². The molecule has 1 amide bonds. The molecular weight excluding hydrogens is 385 g/mol. The molecule has 29 heavy (non-hydrogen) atoms. The predicted octanol–water partition coefficient (Wildman–Crippen LogP) is 5.44. The van der Waals surface area contributed by atoms with Crippen LogP contribution in [0, 0.1) is 0 Å². The second-order valence-corrected chi connectivity index (χ2v) is 10.3. The lowest BCUT2D eigenvalue weighted by atomic mass is 9.77. The second kappa shape index (κ2) is 7.78. The number of fused-ring (bicyclic) bond motifs is 1. The number of amides is 1. The van der Waals surface area contributed by atoms with Gasteiger partial charge in [0.15, 0.2) is 0 Å². The average molecular weight is 415 g/mol. The third-order valence-corrected chi connectivity index (χ3v) is 6.10. The smallest absolute Gasteiger partial charge is 0.444 e. The van der Waals surface area contributed by atoms with Gasteiger partial charge in [-0.3, -0.25) is 0 Å². The third kappa shape index (κ3) is 5.21. The van der Waals surface area contributed by atoms with Gasteiger partial charge in [-0.15, -0.1) is 11.3 Å². The number of carbonyl (C=O) groups is 1. The van der Waals surface area contributed by atoms with E-state index >= 15 is 0 Å². The molecule has 5 nitrogen and oxygen atoms in total. The summed E-state index contributed by atoms with van der Waals surface area (Å²) in [7, 11) is -0.547. The first-order chi connectivity index (χ1) is 13.4. The van der Waals surface area contributed by atoms with E-state index in [4.69, 9.17) is 14.0 Å². The summed E-state index contributed by atoms with van der Waals surface area (Å²) in [5.41, 5.74) is 0.407. The molecule has 0 radical (unpaired) electrons. The van der Waals surface area contributed by atoms with Crippen LogP contribution in [0.5, 0.6) is 0 Å². The molecule has 0 spiro atoms. The van der Waals surface area contributed by atoms with Gasteiger partial charge in [-0.05, 0) is 82.4 Å². The van der Waals surface area contributed by atoms with E-state index in [1.54, 1.807) is 11.3 Å². The molecule has 3 rings (SSSR count). The van der Waals surface area contributed by atoms with E-state index in [0.717, 1.165) is 11.0 Å². The number of thiophene rings is 1. The fraction of sp³-hybridized carbons (Fsp3) is 0.500. The Morgan fingerprint density at radius 3 is 2.45 bits per heavy atom. The molecule has 1 saturated heterocycles. The van der Waals surface area contributed by atoms with E-state index in [-0.39, 0.29) is 6.54 Å². The summed E-state index contributed by atoms with van der Waals surface area (Å²) in [6.45, 7) is 13.9. The van der Waals surface area contributed by atoms with Gasteiger partial charge in [0.1, 0.15) is 5.60 Å². The molecule has 1 aromatic heterocycles. The summed E-state index contributed by atoms with van der Waals surface area (Å²) < 4.78 is 19.0. The van der Waals surface area contributed by atoms with E-state index in [1.165, 1.54) is 10.1 Å². The Labute approximate surface area is 177 Å². The van der Waals surface area contributed by atoms with E-state index in [0.29, 0.717) is 0 Å². The van der Waals surface area contributed by atoms with E-state index < -0.39 is 30.0 Å². The lowest BCUT2D eigenvalue weighted by molar-refractivity contribution is 0.00578. The van der Waals surface area contributed by atoms with Crippen LogP contribution in [0.1, 0.15) is 54.0 Å². The van der Waals surface area contributed by atoms with E-state index in [2.05, 4.69) is 35.0 Å². The minimum Gasteiger partial charge on any atom is -0.444 e. The van der Waals surface area contributed by atoms with Crippen molar-refractivity contribution in [1.29, 1.82) is 0 Å². The molecule has 156 valence electrons. The number of benzene rings is 1. The molecule has 0 atom stereocenters. The quantitative estimate of drug-likeness (QED) is 0.676. The first kappa shape index (κ1) is 21.9. The highest BCUT2D eigenvalue weighted by Crippen LogP contribution is 2.39. The van der Waals surface area contributed by atoms with Crippen LogP contribution in [0.15, 0.2) is 35.1 Å². The number of carbonyl (C=O) groups excluding carboxylic acids is 1. The zero-order chi connectivity index (χ0) is 21.4. The predicted molar refractivity (Wildman–Crippen MR) is 120 cm³/mol. The van der Waals surface area contributed by atoms with Gasteiger partial charge in [-0.2, -0.15) is 0 Å². The number of rotatable bonds is 4. The number of hydrogen-bond acceptors (Lipinski definition) is 5. The first-order valence-electron chi connectivity index (χ1n) is 9.87. The fourth-order valence-electron chi connectivity index (χ4n) is 2.96. The first-order valence-corrected chi connectivity index (χ1v) is 10.7. The monoisotopic (exact) mass is 415 g/mol. The molecule has 1 aliphatic rings. The largest absolute Gasteiger partial charge is 0.492 e. The highest BCUT2D eigenvalue weighted by atomic mass is 32.1. The third-order valence-electron chi connectivity index (χ3n) is 5.22. The van der Waals surface area contributed by atoms with Crippen molar-refractivity contribution in [3.05, 3.63) is 40.7 Å². The molecule has 0 unspecified atom stereocenters. The molecule has 0 saturated carbocycles. The van der Waals surface area contributed by atoms with Gasteiger partial charge in [0, 0.05) is 11.2 Å². The Morgan fingerprint density at radius 2 is 1.83 bits per heavy atom. The SMILES string of the molecule is CC(C)(C)OC(=O)NCC(=Cc1ccc2ccsc2c1)B1OC(C)(C)C(C)(C)O1. The van der Waals surface area contributed by atoms with Crippen LogP contribution < -0.4 is 5.32 Å².